The Kier molecular flexibility index (Phi) is 4.96. The van der Waals surface area contributed by atoms with Crippen LogP contribution >= 0.6 is 23.2 Å². The summed E-state index contributed by atoms with van der Waals surface area (Å²) in [5.74, 6) is 1.61. The van der Waals surface area contributed by atoms with Crippen molar-refractivity contribution in [1.29, 1.82) is 0 Å². The van der Waals surface area contributed by atoms with E-state index in [-0.39, 0.29) is 18.4 Å². The van der Waals surface area contributed by atoms with Gasteiger partial charge in [-0.3, -0.25) is 4.79 Å². The number of nitrogens with one attached hydrogen (secondary N) is 1. The number of benzene rings is 2. The second kappa shape index (κ2) is 7.37. The first-order valence-corrected chi connectivity index (χ1v) is 9.48. The number of halogens is 2. The average molecular weight is 392 g/mol. The van der Waals surface area contributed by atoms with Crippen molar-refractivity contribution in [3.8, 4) is 11.5 Å². The maximum absolute atomic E-state index is 12.6. The van der Waals surface area contributed by atoms with Crippen molar-refractivity contribution < 1.29 is 14.3 Å². The van der Waals surface area contributed by atoms with Gasteiger partial charge in [-0.1, -0.05) is 35.3 Å². The molecule has 1 fully saturated rings. The van der Waals surface area contributed by atoms with Crippen LogP contribution in [-0.4, -0.2) is 19.1 Å². The molecule has 1 N–H and O–H groups in total. The third-order valence-electron chi connectivity index (χ3n) is 4.66. The Bertz CT molecular complexity index is 819. The van der Waals surface area contributed by atoms with Crippen molar-refractivity contribution in [1.82, 2.24) is 5.32 Å². The molecule has 1 aliphatic carbocycles. The van der Waals surface area contributed by atoms with Gasteiger partial charge in [0.05, 0.1) is 17.5 Å². The SMILES string of the molecule is O=C(Cc1cc(Cl)c2c(c1)OCCO2)NC(c1ccc(Cl)cc1)C1CC1. The molecule has 0 aromatic heterocycles. The van der Waals surface area contributed by atoms with Crippen LogP contribution in [0.2, 0.25) is 10.0 Å². The number of carbonyl (C=O) groups is 1. The molecule has 2 aromatic rings. The van der Waals surface area contributed by atoms with Crippen LogP contribution in [0.5, 0.6) is 11.5 Å². The molecule has 4 rings (SSSR count). The van der Waals surface area contributed by atoms with E-state index >= 15 is 0 Å². The van der Waals surface area contributed by atoms with Crippen LogP contribution in [-0.2, 0) is 11.2 Å². The molecule has 26 heavy (non-hydrogen) atoms. The summed E-state index contributed by atoms with van der Waals surface area (Å²) < 4.78 is 11.1. The zero-order valence-corrected chi connectivity index (χ0v) is 15.6. The Morgan fingerprint density at radius 1 is 1.12 bits per heavy atom. The molecule has 2 aliphatic rings. The number of rotatable bonds is 5. The molecular weight excluding hydrogens is 373 g/mol. The van der Waals surface area contributed by atoms with E-state index in [0.29, 0.717) is 40.7 Å². The molecule has 1 aliphatic heterocycles. The highest BCUT2D eigenvalue weighted by Gasteiger charge is 2.33. The van der Waals surface area contributed by atoms with E-state index in [0.717, 1.165) is 24.0 Å². The molecule has 6 heteroatoms. The van der Waals surface area contributed by atoms with Gasteiger partial charge in [0, 0.05) is 5.02 Å². The van der Waals surface area contributed by atoms with Crippen LogP contribution in [0.1, 0.15) is 30.0 Å². The largest absolute Gasteiger partial charge is 0.486 e. The molecule has 136 valence electrons. The van der Waals surface area contributed by atoms with E-state index < -0.39 is 0 Å². The van der Waals surface area contributed by atoms with Gasteiger partial charge in [-0.05, 0) is 54.2 Å². The first-order chi connectivity index (χ1) is 12.6. The fraction of sp³-hybridized carbons (Fsp3) is 0.350. The van der Waals surface area contributed by atoms with Gasteiger partial charge in [-0.25, -0.2) is 0 Å². The van der Waals surface area contributed by atoms with E-state index in [1.807, 2.05) is 30.3 Å². The number of hydrogen-bond acceptors (Lipinski definition) is 3. The molecule has 4 nitrogen and oxygen atoms in total. The summed E-state index contributed by atoms with van der Waals surface area (Å²) in [6.45, 7) is 0.968. The Hall–Kier alpha value is -1.91. The number of hydrogen-bond donors (Lipinski definition) is 1. The van der Waals surface area contributed by atoms with E-state index in [9.17, 15) is 4.79 Å². The molecule has 1 unspecified atom stereocenters. The van der Waals surface area contributed by atoms with E-state index in [4.69, 9.17) is 32.7 Å². The summed E-state index contributed by atoms with van der Waals surface area (Å²) in [6.07, 6.45) is 2.50. The van der Waals surface area contributed by atoms with E-state index in [1.54, 1.807) is 6.07 Å². The maximum Gasteiger partial charge on any atom is 0.224 e. The predicted octanol–water partition coefficient (Wildman–Crippen LogP) is 4.57. The number of carbonyl (C=O) groups excluding carboxylic acids is 1. The predicted molar refractivity (Wildman–Crippen MR) is 101 cm³/mol. The minimum atomic E-state index is -0.0374. The quantitative estimate of drug-likeness (QED) is 0.811. The van der Waals surface area contributed by atoms with Crippen molar-refractivity contribution in [2.75, 3.05) is 13.2 Å². The highest BCUT2D eigenvalue weighted by atomic mass is 35.5. The van der Waals surface area contributed by atoms with Crippen LogP contribution in [0.15, 0.2) is 36.4 Å². The van der Waals surface area contributed by atoms with E-state index in [2.05, 4.69) is 5.32 Å². The summed E-state index contributed by atoms with van der Waals surface area (Å²) in [4.78, 5) is 12.6. The monoisotopic (exact) mass is 391 g/mol. The lowest BCUT2D eigenvalue weighted by atomic mass is 10.0. The Balaban J connectivity index is 1.47. The fourth-order valence-electron chi connectivity index (χ4n) is 3.25. The molecule has 1 heterocycles. The summed E-state index contributed by atoms with van der Waals surface area (Å²) in [5.41, 5.74) is 1.90. The number of fused-ring (bicyclic) bond motifs is 1. The van der Waals surface area contributed by atoms with Gasteiger partial charge in [-0.15, -0.1) is 0 Å². The lowest BCUT2D eigenvalue weighted by Crippen LogP contribution is -2.31. The van der Waals surface area contributed by atoms with Gasteiger partial charge in [0.25, 0.3) is 0 Å². The molecule has 1 amide bonds. The topological polar surface area (TPSA) is 47.6 Å². The third kappa shape index (κ3) is 3.92. The first-order valence-electron chi connectivity index (χ1n) is 8.73. The number of amides is 1. The molecule has 1 atom stereocenters. The molecule has 1 saturated carbocycles. The smallest absolute Gasteiger partial charge is 0.224 e. The second-order valence-corrected chi connectivity index (χ2v) is 7.56. The molecule has 2 aromatic carbocycles. The zero-order valence-electron chi connectivity index (χ0n) is 14.1. The van der Waals surface area contributed by atoms with Crippen molar-refractivity contribution in [3.05, 3.63) is 57.6 Å². The maximum atomic E-state index is 12.6. The van der Waals surface area contributed by atoms with Gasteiger partial charge >= 0.3 is 0 Å². The third-order valence-corrected chi connectivity index (χ3v) is 5.19. The second-order valence-electron chi connectivity index (χ2n) is 6.71. The van der Waals surface area contributed by atoms with Crippen molar-refractivity contribution >= 4 is 29.1 Å². The highest BCUT2D eigenvalue weighted by molar-refractivity contribution is 6.32. The average Bonchev–Trinajstić information content (AvgIpc) is 3.46. The summed E-state index contributed by atoms with van der Waals surface area (Å²) in [5, 5.41) is 4.33. The van der Waals surface area contributed by atoms with Gasteiger partial charge in [0.15, 0.2) is 11.5 Å². The normalized spacial score (nSPS) is 16.8. The van der Waals surface area contributed by atoms with Gasteiger partial charge in [0.2, 0.25) is 5.91 Å². The molecule has 0 saturated heterocycles. The number of ether oxygens (including phenoxy) is 2. The van der Waals surface area contributed by atoms with Crippen LogP contribution in [0.4, 0.5) is 0 Å². The van der Waals surface area contributed by atoms with Crippen LogP contribution in [0.3, 0.4) is 0 Å². The summed E-state index contributed by atoms with van der Waals surface area (Å²) >= 11 is 12.2. The van der Waals surface area contributed by atoms with E-state index in [1.165, 1.54) is 0 Å². The highest BCUT2D eigenvalue weighted by Crippen LogP contribution is 2.41. The lowest BCUT2D eigenvalue weighted by molar-refractivity contribution is -0.121. The summed E-state index contributed by atoms with van der Waals surface area (Å²) in [6, 6.07) is 11.3. The molecule has 0 spiro atoms. The standard InChI is InChI=1S/C20H19Cl2NO3/c21-15-5-3-14(4-6-15)19(13-1-2-13)23-18(24)11-12-9-16(22)20-17(10-12)25-7-8-26-20/h3-6,9-10,13,19H,1-2,7-8,11H2,(H,23,24). The van der Waals surface area contributed by atoms with Crippen LogP contribution in [0, 0.1) is 5.92 Å². The lowest BCUT2D eigenvalue weighted by Gasteiger charge is -2.21. The van der Waals surface area contributed by atoms with Gasteiger partial charge in [-0.2, -0.15) is 0 Å². The van der Waals surface area contributed by atoms with Crippen molar-refractivity contribution in [2.45, 2.75) is 25.3 Å². The minimum absolute atomic E-state index is 0.0208. The Morgan fingerprint density at radius 2 is 1.85 bits per heavy atom. The summed E-state index contributed by atoms with van der Waals surface area (Å²) in [7, 11) is 0. The zero-order chi connectivity index (χ0) is 18.1. The van der Waals surface area contributed by atoms with Crippen LogP contribution in [0.25, 0.3) is 0 Å². The minimum Gasteiger partial charge on any atom is -0.486 e. The van der Waals surface area contributed by atoms with Crippen molar-refractivity contribution in [2.24, 2.45) is 5.92 Å². The Morgan fingerprint density at radius 3 is 2.58 bits per heavy atom. The van der Waals surface area contributed by atoms with Gasteiger partial charge < -0.3 is 14.8 Å². The van der Waals surface area contributed by atoms with Gasteiger partial charge in [0.1, 0.15) is 13.2 Å². The Labute approximate surface area is 162 Å². The molecular formula is C20H19Cl2NO3. The first kappa shape index (κ1) is 17.5. The van der Waals surface area contributed by atoms with Crippen molar-refractivity contribution in [3.63, 3.8) is 0 Å². The molecule has 0 bridgehead atoms. The molecule has 0 radical (unpaired) electrons. The fourth-order valence-corrected chi connectivity index (χ4v) is 3.66. The van der Waals surface area contributed by atoms with Crippen LogP contribution < -0.4 is 14.8 Å².